The van der Waals surface area contributed by atoms with Crippen LogP contribution in [0, 0.1) is 10.1 Å². The minimum absolute atomic E-state index is 0.0646. The predicted octanol–water partition coefficient (Wildman–Crippen LogP) is 1.41. The number of nitrogens with zero attached hydrogens (tertiary/aromatic N) is 3. The topological polar surface area (TPSA) is 70.8 Å². The van der Waals surface area contributed by atoms with Gasteiger partial charge < -0.3 is 0 Å². The van der Waals surface area contributed by atoms with Crippen LogP contribution in [0.15, 0.2) is 35.4 Å². The van der Waals surface area contributed by atoms with Gasteiger partial charge in [0.25, 0.3) is 5.11 Å². The largest absolute Gasteiger partial charge is 0.253 e. The van der Waals surface area contributed by atoms with Crippen LogP contribution in [0.1, 0.15) is 12.5 Å². The quantitative estimate of drug-likeness (QED) is 0.381. The maximum Gasteiger partial charge on any atom is 0.253 e. The van der Waals surface area contributed by atoms with Crippen LogP contribution in [0.3, 0.4) is 0 Å². The van der Waals surface area contributed by atoms with Crippen LogP contribution < -0.4 is 5.43 Å². The summed E-state index contributed by atoms with van der Waals surface area (Å²) in [7, 11) is 1.25. The Morgan fingerprint density at radius 1 is 1.47 bits per heavy atom. The number of hydrazine groups is 1. The second-order valence-electron chi connectivity index (χ2n) is 3.24. The van der Waals surface area contributed by atoms with Gasteiger partial charge in [0.2, 0.25) is 0 Å². The molecule has 0 spiro atoms. The molecule has 1 N–H and O–H groups in total. The molecule has 0 aliphatic rings. The number of nitrogens with one attached hydrogen (secondary N) is 1. The van der Waals surface area contributed by atoms with Crippen molar-refractivity contribution in [2.24, 2.45) is 5.10 Å². The molecule has 0 saturated carbocycles. The van der Waals surface area contributed by atoms with E-state index < -0.39 is 5.03 Å². The molecule has 6 nitrogen and oxygen atoms in total. The van der Waals surface area contributed by atoms with Crippen LogP contribution in [0.4, 0.5) is 0 Å². The van der Waals surface area contributed by atoms with E-state index in [4.69, 9.17) is 12.2 Å². The molecule has 0 amide bonds. The highest BCUT2D eigenvalue weighted by atomic mass is 32.1. The molecular weight excluding hydrogens is 240 g/mol. The van der Waals surface area contributed by atoms with E-state index in [-0.39, 0.29) is 5.11 Å². The molecule has 0 fully saturated rings. The van der Waals surface area contributed by atoms with Crippen LogP contribution >= 0.6 is 12.2 Å². The summed E-state index contributed by atoms with van der Waals surface area (Å²) < 4.78 is 0. The zero-order valence-electron chi connectivity index (χ0n) is 9.45. The minimum atomic E-state index is -0.622. The smallest absolute Gasteiger partial charge is 0.249 e. The van der Waals surface area contributed by atoms with E-state index in [1.807, 2.05) is 30.3 Å². The molecule has 1 aromatic rings. The van der Waals surface area contributed by atoms with Crippen molar-refractivity contribution in [3.63, 3.8) is 0 Å². The fourth-order valence-electron chi connectivity index (χ4n) is 1.02. The van der Waals surface area contributed by atoms with E-state index in [0.29, 0.717) is 10.7 Å². The Hall–Kier alpha value is -2.02. The molecule has 17 heavy (non-hydrogen) atoms. The van der Waals surface area contributed by atoms with Gasteiger partial charge in [0, 0.05) is 0 Å². The molecule has 1 rings (SSSR count). The number of rotatable bonds is 3. The highest BCUT2D eigenvalue weighted by Crippen LogP contribution is 1.99. The highest BCUT2D eigenvalue weighted by molar-refractivity contribution is 7.80. The van der Waals surface area contributed by atoms with Crippen molar-refractivity contribution in [1.82, 2.24) is 10.4 Å². The number of benzene rings is 1. The fraction of sp³-hybridized carbons (Fsp3) is 0.200. The summed E-state index contributed by atoms with van der Waals surface area (Å²) >= 11 is 4.79. The van der Waals surface area contributed by atoms with Crippen LogP contribution in [0.2, 0.25) is 0 Å². The monoisotopic (exact) mass is 252 g/mol. The zero-order chi connectivity index (χ0) is 12.8. The molecular formula is C10H12N4O2S. The van der Waals surface area contributed by atoms with Crippen molar-refractivity contribution in [1.29, 1.82) is 0 Å². The van der Waals surface area contributed by atoms with Crippen LogP contribution in [-0.4, -0.2) is 27.9 Å². The summed E-state index contributed by atoms with van der Waals surface area (Å²) in [6.45, 7) is 1.79. The van der Waals surface area contributed by atoms with Crippen LogP contribution in [0.5, 0.6) is 0 Å². The molecule has 0 aliphatic heterocycles. The van der Waals surface area contributed by atoms with E-state index >= 15 is 0 Å². The number of thiocarbonyl (C=S) groups is 1. The van der Waals surface area contributed by atoms with Crippen LogP contribution in [0.25, 0.3) is 0 Å². The van der Waals surface area contributed by atoms with E-state index in [2.05, 4.69) is 10.5 Å². The molecule has 7 heteroatoms. The Morgan fingerprint density at radius 3 is 2.59 bits per heavy atom. The molecule has 0 bridgehead atoms. The lowest BCUT2D eigenvalue weighted by atomic mass is 10.1. The van der Waals surface area contributed by atoms with Crippen molar-refractivity contribution >= 4 is 23.0 Å². The first-order valence-electron chi connectivity index (χ1n) is 4.80. The van der Waals surface area contributed by atoms with Gasteiger partial charge in [-0.2, -0.15) is 5.10 Å². The summed E-state index contributed by atoms with van der Waals surface area (Å²) in [6.07, 6.45) is 0. The third kappa shape index (κ3) is 3.80. The Balaban J connectivity index is 2.66. The second kappa shape index (κ2) is 5.90. The van der Waals surface area contributed by atoms with Crippen LogP contribution in [-0.2, 0) is 0 Å². The zero-order valence-corrected chi connectivity index (χ0v) is 10.3. The summed E-state index contributed by atoms with van der Waals surface area (Å²) in [6, 6.07) is 9.45. The summed E-state index contributed by atoms with van der Waals surface area (Å²) in [5.41, 5.74) is 4.09. The molecule has 0 radical (unpaired) electrons. The second-order valence-corrected chi connectivity index (χ2v) is 3.63. The van der Waals surface area contributed by atoms with Gasteiger partial charge in [-0.1, -0.05) is 35.3 Å². The number of hydrogen-bond acceptors (Lipinski definition) is 4. The normalized spacial score (nSPS) is 10.8. The van der Waals surface area contributed by atoms with E-state index in [0.717, 1.165) is 5.56 Å². The maximum absolute atomic E-state index is 10.4. The fourth-order valence-corrected chi connectivity index (χ4v) is 1.13. The van der Waals surface area contributed by atoms with Crippen molar-refractivity contribution in [2.45, 2.75) is 6.92 Å². The number of hydrogen-bond donors (Lipinski definition) is 1. The van der Waals surface area contributed by atoms with Crippen molar-refractivity contribution in [3.05, 3.63) is 46.0 Å². The van der Waals surface area contributed by atoms with Gasteiger partial charge in [-0.3, -0.25) is 0 Å². The Bertz CT molecular complexity index is 447. The van der Waals surface area contributed by atoms with Gasteiger partial charge in [0.05, 0.1) is 12.8 Å². The van der Waals surface area contributed by atoms with Gasteiger partial charge in [0.1, 0.15) is 0 Å². The molecule has 90 valence electrons. The van der Waals surface area contributed by atoms with Crippen molar-refractivity contribution in [2.75, 3.05) is 7.05 Å². The predicted molar refractivity (Wildman–Crippen MR) is 69.1 cm³/mol. The van der Waals surface area contributed by atoms with Gasteiger partial charge in [-0.15, -0.1) is 0 Å². The average Bonchev–Trinajstić information content (AvgIpc) is 2.35. The lowest BCUT2D eigenvalue weighted by molar-refractivity contribution is -0.622. The summed E-state index contributed by atoms with van der Waals surface area (Å²) in [5.74, 6) is 0. The first kappa shape index (κ1) is 13.0. The summed E-state index contributed by atoms with van der Waals surface area (Å²) in [4.78, 5) is 10.4. The Kier molecular flexibility index (Phi) is 4.53. The first-order chi connectivity index (χ1) is 8.02. The maximum atomic E-state index is 10.4. The molecule has 0 heterocycles. The average molecular weight is 252 g/mol. The SMILES string of the molecule is CC(=NNC(=S)N(C)[N+](=O)[O-])c1ccccc1. The Morgan fingerprint density at radius 2 is 2.06 bits per heavy atom. The van der Waals surface area contributed by atoms with E-state index in [1.165, 1.54) is 7.05 Å². The molecule has 0 aromatic heterocycles. The van der Waals surface area contributed by atoms with E-state index in [9.17, 15) is 10.1 Å². The molecule has 0 saturated heterocycles. The minimum Gasteiger partial charge on any atom is -0.249 e. The third-order valence-corrected chi connectivity index (χ3v) is 2.41. The molecule has 0 unspecified atom stereocenters. The Labute approximate surface area is 104 Å². The third-order valence-electron chi connectivity index (χ3n) is 2.05. The van der Waals surface area contributed by atoms with Crippen molar-refractivity contribution < 1.29 is 5.03 Å². The van der Waals surface area contributed by atoms with Crippen molar-refractivity contribution in [3.8, 4) is 0 Å². The van der Waals surface area contributed by atoms with Gasteiger partial charge in [-0.05, 0) is 24.7 Å². The van der Waals surface area contributed by atoms with Gasteiger partial charge >= 0.3 is 0 Å². The highest BCUT2D eigenvalue weighted by Gasteiger charge is 2.12. The first-order valence-corrected chi connectivity index (χ1v) is 5.21. The van der Waals surface area contributed by atoms with Gasteiger partial charge in [-0.25, -0.2) is 15.5 Å². The molecule has 0 atom stereocenters. The number of hydrazone groups is 1. The summed E-state index contributed by atoms with van der Waals surface area (Å²) in [5, 5.41) is 14.4. The lowest BCUT2D eigenvalue weighted by Gasteiger charge is -2.08. The molecule has 0 aliphatic carbocycles. The number of nitro groups is 1. The standard InChI is InChI=1S/C10H12N4O2S/c1-8(9-6-4-3-5-7-9)11-12-10(17)13(2)14(15)16/h3-7H,1-2H3,(H,12,17). The van der Waals surface area contributed by atoms with E-state index in [1.54, 1.807) is 6.92 Å². The van der Waals surface area contributed by atoms with Gasteiger partial charge in [0.15, 0.2) is 5.03 Å². The lowest BCUT2D eigenvalue weighted by Crippen LogP contribution is -2.38. The molecule has 1 aromatic carbocycles.